The maximum absolute atomic E-state index is 13.1. The van der Waals surface area contributed by atoms with Crippen LogP contribution in [0.1, 0.15) is 63.7 Å². The van der Waals surface area contributed by atoms with Crippen LogP contribution in [0.3, 0.4) is 0 Å². The van der Waals surface area contributed by atoms with Crippen molar-refractivity contribution in [1.82, 2.24) is 16.0 Å². The van der Waals surface area contributed by atoms with Gasteiger partial charge in [-0.15, -0.1) is 0 Å². The lowest BCUT2D eigenvalue weighted by molar-refractivity contribution is -0.126. The molecular weight excluding hydrogens is 534 g/mol. The average molecular weight is 569 g/mol. The molecule has 5 N–H and O–H groups in total. The topological polar surface area (TPSA) is 161 Å². The van der Waals surface area contributed by atoms with Crippen molar-refractivity contribution in [2.24, 2.45) is 11.8 Å². The number of amides is 3. The van der Waals surface area contributed by atoms with E-state index in [4.69, 9.17) is 33.1 Å². The molecule has 0 aliphatic carbocycles. The van der Waals surface area contributed by atoms with Gasteiger partial charge in [0.1, 0.15) is 23.9 Å². The van der Waals surface area contributed by atoms with Crippen LogP contribution in [0.4, 0.5) is 0 Å². The van der Waals surface area contributed by atoms with Crippen molar-refractivity contribution in [3.63, 3.8) is 0 Å². The number of nitrogens with zero attached hydrogens (tertiary/aromatic N) is 1. The quantitative estimate of drug-likeness (QED) is 0.0714. The van der Waals surface area contributed by atoms with Gasteiger partial charge < -0.3 is 30.7 Å². The fraction of sp³-hybridized carbons (Fsp3) is 0.520. The minimum absolute atomic E-state index is 0.0326. The highest BCUT2D eigenvalue weighted by molar-refractivity contribution is 6.35. The number of hydrogen-bond acceptors (Lipinski definition) is 7. The van der Waals surface area contributed by atoms with Crippen LogP contribution in [0.25, 0.3) is 0 Å². The Morgan fingerprint density at radius 2 is 1.82 bits per heavy atom. The minimum Gasteiger partial charge on any atom is -0.402 e. The third-order valence-electron chi connectivity index (χ3n) is 5.14. The predicted octanol–water partition coefficient (Wildman–Crippen LogP) is 2.96. The average Bonchev–Trinajstić information content (AvgIpc) is 2.81. The van der Waals surface area contributed by atoms with Crippen LogP contribution >= 0.6 is 23.2 Å². The van der Waals surface area contributed by atoms with Gasteiger partial charge in [0.2, 0.25) is 5.91 Å². The molecule has 0 aromatic heterocycles. The molecule has 1 rings (SSSR count). The largest absolute Gasteiger partial charge is 0.635 e. The second-order valence-corrected chi connectivity index (χ2v) is 10.3. The van der Waals surface area contributed by atoms with Gasteiger partial charge >= 0.3 is 7.32 Å². The molecule has 0 spiro atoms. The number of carbonyl (C=O) groups excluding carboxylic acids is 3. The van der Waals surface area contributed by atoms with E-state index >= 15 is 0 Å². The zero-order valence-corrected chi connectivity index (χ0v) is 23.5. The third-order valence-corrected chi connectivity index (χ3v) is 5.70. The van der Waals surface area contributed by atoms with Gasteiger partial charge in [-0.2, -0.15) is 5.26 Å². The first-order valence-corrected chi connectivity index (χ1v) is 13.1. The highest BCUT2D eigenvalue weighted by Crippen LogP contribution is 2.21. The second kappa shape index (κ2) is 17.1. The Morgan fingerprint density at radius 1 is 1.13 bits per heavy atom. The van der Waals surface area contributed by atoms with Crippen molar-refractivity contribution in [2.75, 3.05) is 6.54 Å². The number of halogens is 2. The van der Waals surface area contributed by atoms with Gasteiger partial charge in [0.15, 0.2) is 0 Å². The first-order valence-electron chi connectivity index (χ1n) is 12.3. The summed E-state index contributed by atoms with van der Waals surface area (Å²) >= 11 is 12.1. The Hall–Kier alpha value is -2.62. The molecule has 1 aromatic carbocycles. The highest BCUT2D eigenvalue weighted by atomic mass is 35.5. The molecule has 0 saturated heterocycles. The summed E-state index contributed by atoms with van der Waals surface area (Å²) in [5.41, 5.74) is 0.121. The van der Waals surface area contributed by atoms with Crippen molar-refractivity contribution >= 4 is 48.2 Å². The molecule has 1 aromatic rings. The van der Waals surface area contributed by atoms with Gasteiger partial charge in [0, 0.05) is 11.6 Å². The first-order chi connectivity index (χ1) is 17.8. The molecule has 3 amide bonds. The molecule has 0 heterocycles. The fourth-order valence-electron chi connectivity index (χ4n) is 3.43. The zero-order valence-electron chi connectivity index (χ0n) is 22.0. The van der Waals surface area contributed by atoms with Gasteiger partial charge in [-0.1, -0.05) is 57.0 Å². The van der Waals surface area contributed by atoms with Crippen LogP contribution in [-0.2, 0) is 14.2 Å². The Bertz CT molecular complexity index is 1020. The van der Waals surface area contributed by atoms with Gasteiger partial charge in [-0.05, 0) is 55.7 Å². The summed E-state index contributed by atoms with van der Waals surface area (Å²) in [4.78, 5) is 38.2. The van der Waals surface area contributed by atoms with E-state index in [9.17, 15) is 24.4 Å². The number of nitrogens with one attached hydrogen (secondary N) is 3. The zero-order chi connectivity index (χ0) is 28.8. The number of benzene rings is 1. The standard InChI is InChI=1S/C25H35BCl2N4O6/c1-15(2)11-17(14-29)23(33)30-10-6-5-7-21(25(35)32-22(12-16(3)4)38-26(36)37)31-24(34)19-13-18(27)8-9-20(19)28/h8-9,11,13,15-16,21-22,36-37H,5-7,10,12H2,1-4H3,(H,30,33)(H,31,34)(H,32,35)/t21-,22+/m0/s1. The number of unbranched alkanes of at least 4 members (excludes halogenated alkanes) is 1. The molecule has 0 unspecified atom stereocenters. The first kappa shape index (κ1) is 33.4. The molecule has 13 heteroatoms. The minimum atomic E-state index is -2.09. The van der Waals surface area contributed by atoms with Crippen LogP contribution in [-0.4, -0.2) is 53.9 Å². The highest BCUT2D eigenvalue weighted by Gasteiger charge is 2.27. The van der Waals surface area contributed by atoms with E-state index in [-0.39, 0.29) is 41.0 Å². The van der Waals surface area contributed by atoms with E-state index in [1.807, 2.05) is 33.8 Å². The van der Waals surface area contributed by atoms with Crippen LogP contribution in [0.5, 0.6) is 0 Å². The van der Waals surface area contributed by atoms with Crippen molar-refractivity contribution in [1.29, 1.82) is 5.26 Å². The van der Waals surface area contributed by atoms with Gasteiger partial charge in [0.25, 0.3) is 11.8 Å². The van der Waals surface area contributed by atoms with E-state index in [1.54, 1.807) is 6.08 Å². The van der Waals surface area contributed by atoms with Crippen LogP contribution in [0, 0.1) is 23.2 Å². The van der Waals surface area contributed by atoms with E-state index in [0.29, 0.717) is 24.3 Å². The molecular formula is C25H35BCl2N4O6. The Kier molecular flexibility index (Phi) is 15.0. The molecule has 0 radical (unpaired) electrons. The number of hydrogen-bond donors (Lipinski definition) is 5. The summed E-state index contributed by atoms with van der Waals surface area (Å²) in [5, 5.41) is 35.9. The lowest BCUT2D eigenvalue weighted by Crippen LogP contribution is -2.51. The number of carbonyl (C=O) groups is 3. The monoisotopic (exact) mass is 568 g/mol. The molecule has 208 valence electrons. The Morgan fingerprint density at radius 3 is 2.39 bits per heavy atom. The summed E-state index contributed by atoms with van der Waals surface area (Å²) in [6.07, 6.45) is 1.94. The van der Waals surface area contributed by atoms with E-state index in [2.05, 4.69) is 16.0 Å². The van der Waals surface area contributed by atoms with Crippen molar-refractivity contribution < 1.29 is 29.1 Å². The summed E-state index contributed by atoms with van der Waals surface area (Å²) in [6.45, 7) is 7.72. The molecule has 38 heavy (non-hydrogen) atoms. The molecule has 2 atom stereocenters. The predicted molar refractivity (Wildman–Crippen MR) is 146 cm³/mol. The number of nitriles is 1. The SMILES string of the molecule is CC(C)C=C(C#N)C(=O)NCCCC[C@H](NC(=O)c1cc(Cl)ccc1Cl)C(=O)N[C@@H](CC(C)C)OB(O)O. The van der Waals surface area contributed by atoms with Crippen molar-refractivity contribution in [3.8, 4) is 6.07 Å². The van der Waals surface area contributed by atoms with E-state index in [0.717, 1.165) is 0 Å². The maximum Gasteiger partial charge on any atom is 0.635 e. The lowest BCUT2D eigenvalue weighted by atomic mass is 10.1. The van der Waals surface area contributed by atoms with Gasteiger partial charge in [-0.3, -0.25) is 14.4 Å². The molecule has 0 aliphatic rings. The lowest BCUT2D eigenvalue weighted by Gasteiger charge is -2.25. The summed E-state index contributed by atoms with van der Waals surface area (Å²) in [5.74, 6) is -1.59. The Balaban J connectivity index is 2.91. The smallest absolute Gasteiger partial charge is 0.402 e. The van der Waals surface area contributed by atoms with Crippen molar-refractivity contribution in [3.05, 3.63) is 45.5 Å². The molecule has 0 bridgehead atoms. The molecule has 0 saturated carbocycles. The van der Waals surface area contributed by atoms with Crippen LogP contribution in [0.15, 0.2) is 29.8 Å². The number of rotatable bonds is 15. The summed E-state index contributed by atoms with van der Waals surface area (Å²) < 4.78 is 4.98. The normalized spacial score (nSPS) is 13.0. The second-order valence-electron chi connectivity index (χ2n) is 9.43. The Labute approximate surface area is 233 Å². The van der Waals surface area contributed by atoms with Crippen molar-refractivity contribution in [2.45, 2.75) is 65.6 Å². The summed E-state index contributed by atoms with van der Waals surface area (Å²) in [7, 11) is -2.09. The molecule has 0 aliphatic heterocycles. The van der Waals surface area contributed by atoms with E-state index < -0.39 is 37.3 Å². The molecule has 0 fully saturated rings. The third kappa shape index (κ3) is 12.8. The van der Waals surface area contributed by atoms with Gasteiger partial charge in [-0.25, -0.2) is 0 Å². The number of allylic oxidation sites excluding steroid dienone is 1. The van der Waals surface area contributed by atoms with Gasteiger partial charge in [0.05, 0.1) is 10.6 Å². The molecule has 10 nitrogen and oxygen atoms in total. The van der Waals surface area contributed by atoms with E-state index in [1.165, 1.54) is 18.2 Å². The van der Waals surface area contributed by atoms with Crippen LogP contribution in [0.2, 0.25) is 10.0 Å². The van der Waals surface area contributed by atoms with Crippen LogP contribution < -0.4 is 16.0 Å². The summed E-state index contributed by atoms with van der Waals surface area (Å²) in [6, 6.07) is 5.23. The maximum atomic E-state index is 13.1. The fourth-order valence-corrected chi connectivity index (χ4v) is 3.80.